The van der Waals surface area contributed by atoms with E-state index < -0.39 is 0 Å². The first-order valence-corrected chi connectivity index (χ1v) is 4.28. The molecule has 0 unspecified atom stereocenters. The van der Waals surface area contributed by atoms with E-state index in [1.54, 1.807) is 0 Å². The van der Waals surface area contributed by atoms with Gasteiger partial charge in [-0.1, -0.05) is 36.9 Å². The largest absolute Gasteiger partial charge is 0.361 e. The Hall–Kier alpha value is -1.24. The summed E-state index contributed by atoms with van der Waals surface area (Å²) in [6.07, 6.45) is 0. The van der Waals surface area contributed by atoms with Crippen LogP contribution >= 0.6 is 0 Å². The fraction of sp³-hybridized carbons (Fsp3) is 0.273. The first-order chi connectivity index (χ1) is 5.79. The highest BCUT2D eigenvalue weighted by molar-refractivity contribution is 5.25. The number of hydrogen-bond acceptors (Lipinski definition) is 1. The van der Waals surface area contributed by atoms with E-state index in [9.17, 15) is 0 Å². The van der Waals surface area contributed by atoms with Crippen molar-refractivity contribution in [1.82, 2.24) is 4.90 Å². The normalized spacial score (nSPS) is 17.8. The van der Waals surface area contributed by atoms with Gasteiger partial charge in [0.15, 0.2) is 0 Å². The molecule has 1 aromatic carbocycles. The second-order valence-corrected chi connectivity index (χ2v) is 3.28. The Morgan fingerprint density at radius 3 is 2.42 bits per heavy atom. The molecule has 0 spiro atoms. The van der Waals surface area contributed by atoms with Gasteiger partial charge in [0.2, 0.25) is 0 Å². The minimum absolute atomic E-state index is 0.499. The first-order valence-electron chi connectivity index (χ1n) is 4.28. The topological polar surface area (TPSA) is 3.01 Å². The lowest BCUT2D eigenvalue weighted by molar-refractivity contribution is 0.464. The fourth-order valence-corrected chi connectivity index (χ4v) is 1.48. The molecule has 0 aromatic heterocycles. The van der Waals surface area contributed by atoms with Gasteiger partial charge in [0.25, 0.3) is 0 Å². The molecule has 1 aromatic rings. The van der Waals surface area contributed by atoms with E-state index >= 15 is 0 Å². The zero-order chi connectivity index (χ0) is 8.55. The molecular formula is C11H13N. The molecule has 2 rings (SSSR count). The van der Waals surface area contributed by atoms with Crippen molar-refractivity contribution in [2.45, 2.75) is 13.0 Å². The van der Waals surface area contributed by atoms with Crippen LogP contribution in [-0.2, 0) is 0 Å². The van der Waals surface area contributed by atoms with Crippen molar-refractivity contribution in [2.75, 3.05) is 6.54 Å². The maximum atomic E-state index is 3.92. The van der Waals surface area contributed by atoms with Gasteiger partial charge in [0.05, 0.1) is 12.6 Å². The van der Waals surface area contributed by atoms with Crippen LogP contribution in [0.3, 0.4) is 0 Å². The highest BCUT2D eigenvalue weighted by Crippen LogP contribution is 2.32. The van der Waals surface area contributed by atoms with Gasteiger partial charge in [-0.05, 0) is 12.5 Å². The third-order valence-electron chi connectivity index (χ3n) is 2.41. The van der Waals surface area contributed by atoms with Gasteiger partial charge in [0.1, 0.15) is 0 Å². The SMILES string of the molecule is C=C1CN1[C@H](C)c1ccccc1. The van der Waals surface area contributed by atoms with Gasteiger partial charge in [-0.3, -0.25) is 0 Å². The second kappa shape index (κ2) is 2.67. The van der Waals surface area contributed by atoms with E-state index in [1.165, 1.54) is 11.3 Å². The third-order valence-corrected chi connectivity index (χ3v) is 2.41. The molecular weight excluding hydrogens is 146 g/mol. The van der Waals surface area contributed by atoms with Crippen LogP contribution in [0.1, 0.15) is 18.5 Å². The Kier molecular flexibility index (Phi) is 1.65. The molecule has 1 fully saturated rings. The maximum Gasteiger partial charge on any atom is 0.0576 e. The summed E-state index contributed by atoms with van der Waals surface area (Å²) in [5, 5.41) is 0. The Morgan fingerprint density at radius 1 is 1.33 bits per heavy atom. The van der Waals surface area contributed by atoms with Gasteiger partial charge < -0.3 is 4.90 Å². The van der Waals surface area contributed by atoms with E-state index in [4.69, 9.17) is 0 Å². The molecule has 0 radical (unpaired) electrons. The smallest absolute Gasteiger partial charge is 0.0576 e. The van der Waals surface area contributed by atoms with Crippen molar-refractivity contribution >= 4 is 0 Å². The monoisotopic (exact) mass is 159 g/mol. The third kappa shape index (κ3) is 1.22. The minimum atomic E-state index is 0.499. The van der Waals surface area contributed by atoms with Gasteiger partial charge in [-0.2, -0.15) is 0 Å². The molecule has 1 aliphatic heterocycles. The van der Waals surface area contributed by atoms with Crippen LogP contribution < -0.4 is 0 Å². The number of hydrogen-bond donors (Lipinski definition) is 0. The summed E-state index contributed by atoms with van der Waals surface area (Å²) in [5.41, 5.74) is 2.63. The molecule has 62 valence electrons. The zero-order valence-electron chi connectivity index (χ0n) is 7.33. The van der Waals surface area contributed by atoms with E-state index in [1.807, 2.05) is 6.07 Å². The molecule has 0 saturated carbocycles. The quantitative estimate of drug-likeness (QED) is 0.599. The predicted octanol–water partition coefficient (Wildman–Crippen LogP) is 2.58. The molecule has 0 bridgehead atoms. The molecule has 0 aliphatic carbocycles. The van der Waals surface area contributed by atoms with Gasteiger partial charge >= 0.3 is 0 Å². The van der Waals surface area contributed by atoms with Gasteiger partial charge in [0, 0.05) is 5.70 Å². The van der Waals surface area contributed by atoms with Crippen molar-refractivity contribution in [1.29, 1.82) is 0 Å². The fourth-order valence-electron chi connectivity index (χ4n) is 1.48. The highest BCUT2D eigenvalue weighted by atomic mass is 15.3. The van der Waals surface area contributed by atoms with Gasteiger partial charge in [-0.15, -0.1) is 0 Å². The summed E-state index contributed by atoms with van der Waals surface area (Å²) >= 11 is 0. The van der Waals surface area contributed by atoms with Crippen LogP contribution in [0, 0.1) is 0 Å². The average molecular weight is 159 g/mol. The lowest BCUT2D eigenvalue weighted by Gasteiger charge is -2.12. The lowest BCUT2D eigenvalue weighted by Crippen LogP contribution is -2.03. The molecule has 1 aliphatic rings. The Labute approximate surface area is 73.3 Å². The van der Waals surface area contributed by atoms with E-state index in [0.29, 0.717) is 6.04 Å². The second-order valence-electron chi connectivity index (χ2n) is 3.28. The summed E-state index contributed by atoms with van der Waals surface area (Å²) in [6, 6.07) is 11.0. The summed E-state index contributed by atoms with van der Waals surface area (Å²) in [4.78, 5) is 2.30. The number of benzene rings is 1. The summed E-state index contributed by atoms with van der Waals surface area (Å²) in [6.45, 7) is 7.20. The van der Waals surface area contributed by atoms with Crippen molar-refractivity contribution in [3.05, 3.63) is 48.2 Å². The van der Waals surface area contributed by atoms with Crippen LogP contribution in [0.4, 0.5) is 0 Å². The van der Waals surface area contributed by atoms with Crippen molar-refractivity contribution in [3.63, 3.8) is 0 Å². The molecule has 1 saturated heterocycles. The molecule has 1 nitrogen and oxygen atoms in total. The van der Waals surface area contributed by atoms with Crippen LogP contribution in [0.15, 0.2) is 42.6 Å². The lowest BCUT2D eigenvalue weighted by atomic mass is 10.1. The van der Waals surface area contributed by atoms with E-state index in [0.717, 1.165) is 6.54 Å². The molecule has 1 atom stereocenters. The van der Waals surface area contributed by atoms with Crippen LogP contribution in [-0.4, -0.2) is 11.4 Å². The van der Waals surface area contributed by atoms with E-state index in [2.05, 4.69) is 42.7 Å². The Bertz CT molecular complexity index is 289. The molecule has 1 heteroatoms. The minimum Gasteiger partial charge on any atom is -0.361 e. The highest BCUT2D eigenvalue weighted by Gasteiger charge is 2.28. The van der Waals surface area contributed by atoms with Crippen LogP contribution in [0.5, 0.6) is 0 Å². The molecule has 1 heterocycles. The van der Waals surface area contributed by atoms with Crippen molar-refractivity contribution in [3.8, 4) is 0 Å². The summed E-state index contributed by atoms with van der Waals surface area (Å²) in [5.74, 6) is 0. The predicted molar refractivity (Wildman–Crippen MR) is 50.7 cm³/mol. The van der Waals surface area contributed by atoms with Crippen molar-refractivity contribution in [2.24, 2.45) is 0 Å². The molecule has 0 N–H and O–H groups in total. The Morgan fingerprint density at radius 2 is 1.92 bits per heavy atom. The molecule has 0 amide bonds. The maximum absolute atomic E-state index is 3.92. The van der Waals surface area contributed by atoms with Crippen molar-refractivity contribution < 1.29 is 0 Å². The first kappa shape index (κ1) is 7.41. The standard InChI is InChI=1S/C11H13N/c1-9-8-12(9)10(2)11-6-4-3-5-7-11/h3-7,10H,1,8H2,2H3/t10-,12?/m1/s1. The summed E-state index contributed by atoms with van der Waals surface area (Å²) in [7, 11) is 0. The zero-order valence-corrected chi connectivity index (χ0v) is 7.33. The van der Waals surface area contributed by atoms with Gasteiger partial charge in [-0.25, -0.2) is 0 Å². The molecule has 12 heavy (non-hydrogen) atoms. The Balaban J connectivity index is 2.15. The van der Waals surface area contributed by atoms with Crippen LogP contribution in [0.25, 0.3) is 0 Å². The number of nitrogens with zero attached hydrogens (tertiary/aromatic N) is 1. The average Bonchev–Trinajstić information content (AvgIpc) is 2.83. The van der Waals surface area contributed by atoms with Crippen LogP contribution in [0.2, 0.25) is 0 Å². The number of rotatable bonds is 2. The summed E-state index contributed by atoms with van der Waals surface area (Å²) < 4.78 is 0. The van der Waals surface area contributed by atoms with E-state index in [-0.39, 0.29) is 0 Å².